The third-order valence-corrected chi connectivity index (χ3v) is 4.69. The van der Waals surface area contributed by atoms with Crippen molar-refractivity contribution in [1.82, 2.24) is 4.90 Å². The molecule has 1 aliphatic rings. The predicted molar refractivity (Wildman–Crippen MR) is 119 cm³/mol. The summed E-state index contributed by atoms with van der Waals surface area (Å²) in [5, 5.41) is 3.14. The maximum Gasteiger partial charge on any atom is 0.193 e. The minimum absolute atomic E-state index is 0. The van der Waals surface area contributed by atoms with Gasteiger partial charge in [-0.3, -0.25) is 9.89 Å². The third-order valence-electron chi connectivity index (χ3n) is 4.69. The van der Waals surface area contributed by atoms with E-state index in [1.807, 2.05) is 18.2 Å². The topological polar surface area (TPSA) is 72.1 Å². The molecule has 0 aromatic heterocycles. The van der Waals surface area contributed by atoms with E-state index in [9.17, 15) is 0 Å². The molecule has 1 aromatic rings. The molecule has 1 fully saturated rings. The highest BCUT2D eigenvalue weighted by Gasteiger charge is 2.21. The van der Waals surface area contributed by atoms with E-state index >= 15 is 0 Å². The highest BCUT2D eigenvalue weighted by molar-refractivity contribution is 14.0. The number of aliphatic imine (C=N–C) groups is 1. The van der Waals surface area contributed by atoms with Crippen LogP contribution in [0, 0.1) is 0 Å². The Kier molecular flexibility index (Phi) is 10.7. The number of benzene rings is 1. The lowest BCUT2D eigenvalue weighted by atomic mass is 10.0. The Hall–Kier alpha value is -1.22. The first-order valence-corrected chi connectivity index (χ1v) is 9.21. The number of anilines is 1. The number of hydrogen-bond donors (Lipinski definition) is 2. The SMILES string of the molecule is CCCCN1CCCCC1CN=C(N)Nc1cc(OC)ccc1OC.I. The summed E-state index contributed by atoms with van der Waals surface area (Å²) in [5.41, 5.74) is 6.87. The second-order valence-corrected chi connectivity index (χ2v) is 6.46. The second kappa shape index (κ2) is 12.2. The van der Waals surface area contributed by atoms with Gasteiger partial charge in [0.2, 0.25) is 0 Å². The van der Waals surface area contributed by atoms with Crippen LogP contribution in [-0.4, -0.2) is 50.8 Å². The molecule has 1 heterocycles. The van der Waals surface area contributed by atoms with E-state index in [2.05, 4.69) is 22.1 Å². The first-order valence-electron chi connectivity index (χ1n) is 9.21. The van der Waals surface area contributed by atoms with Crippen molar-refractivity contribution in [3.05, 3.63) is 18.2 Å². The Morgan fingerprint density at radius 3 is 2.81 bits per heavy atom. The van der Waals surface area contributed by atoms with Gasteiger partial charge in [-0.05, 0) is 44.5 Å². The molecule has 0 radical (unpaired) electrons. The number of guanidine groups is 1. The minimum atomic E-state index is 0. The van der Waals surface area contributed by atoms with Gasteiger partial charge < -0.3 is 20.5 Å². The molecule has 6 nitrogen and oxygen atoms in total. The van der Waals surface area contributed by atoms with E-state index in [4.69, 9.17) is 15.2 Å². The summed E-state index contributed by atoms with van der Waals surface area (Å²) in [7, 11) is 3.27. The van der Waals surface area contributed by atoms with Crippen LogP contribution in [-0.2, 0) is 0 Å². The molecule has 1 saturated heterocycles. The molecule has 0 saturated carbocycles. The van der Waals surface area contributed by atoms with Gasteiger partial charge in [0.05, 0.1) is 26.5 Å². The molecule has 2 rings (SSSR count). The zero-order chi connectivity index (χ0) is 18.1. The molecule has 0 aliphatic carbocycles. The molecule has 1 unspecified atom stereocenters. The number of hydrogen-bond acceptors (Lipinski definition) is 4. The van der Waals surface area contributed by atoms with E-state index in [0.29, 0.717) is 17.8 Å². The molecular formula is C19H33IN4O2. The first kappa shape index (κ1) is 22.8. The van der Waals surface area contributed by atoms with Gasteiger partial charge in [-0.1, -0.05) is 19.8 Å². The van der Waals surface area contributed by atoms with Gasteiger partial charge in [0.25, 0.3) is 0 Å². The number of likely N-dealkylation sites (tertiary alicyclic amines) is 1. The Balaban J connectivity index is 0.00000338. The maximum absolute atomic E-state index is 6.11. The standard InChI is InChI=1S/C19H32N4O2.HI/c1-4-5-11-23-12-7-6-8-15(23)14-21-19(20)22-17-13-16(24-2)9-10-18(17)25-3;/h9-10,13,15H,4-8,11-12,14H2,1-3H3,(H3,20,21,22);1H. The summed E-state index contributed by atoms with van der Waals surface area (Å²) in [4.78, 5) is 7.14. The number of nitrogens with zero attached hydrogens (tertiary/aromatic N) is 2. The van der Waals surface area contributed by atoms with Crippen LogP contribution in [0.3, 0.4) is 0 Å². The van der Waals surface area contributed by atoms with Gasteiger partial charge in [0.15, 0.2) is 5.96 Å². The molecular weight excluding hydrogens is 443 g/mol. The van der Waals surface area contributed by atoms with Crippen LogP contribution < -0.4 is 20.5 Å². The lowest BCUT2D eigenvalue weighted by molar-refractivity contribution is 0.151. The van der Waals surface area contributed by atoms with Gasteiger partial charge in [-0.2, -0.15) is 0 Å². The number of ether oxygens (including phenoxy) is 2. The van der Waals surface area contributed by atoms with E-state index < -0.39 is 0 Å². The molecule has 0 amide bonds. The van der Waals surface area contributed by atoms with Gasteiger partial charge >= 0.3 is 0 Å². The van der Waals surface area contributed by atoms with Crippen molar-refractivity contribution in [1.29, 1.82) is 0 Å². The van der Waals surface area contributed by atoms with Crippen LogP contribution in [0.5, 0.6) is 11.5 Å². The second-order valence-electron chi connectivity index (χ2n) is 6.46. The number of unbranched alkanes of at least 4 members (excludes halogenated alkanes) is 1. The van der Waals surface area contributed by atoms with Crippen molar-refractivity contribution in [3.63, 3.8) is 0 Å². The van der Waals surface area contributed by atoms with Crippen molar-refractivity contribution in [2.45, 2.75) is 45.1 Å². The van der Waals surface area contributed by atoms with Gasteiger partial charge in [-0.25, -0.2) is 0 Å². The molecule has 0 spiro atoms. The zero-order valence-corrected chi connectivity index (χ0v) is 18.5. The fourth-order valence-corrected chi connectivity index (χ4v) is 3.22. The molecule has 7 heteroatoms. The number of nitrogens with two attached hydrogens (primary N) is 1. The number of methoxy groups -OCH3 is 2. The number of halogens is 1. The predicted octanol–water partition coefficient (Wildman–Crippen LogP) is 3.70. The Morgan fingerprint density at radius 2 is 2.12 bits per heavy atom. The van der Waals surface area contributed by atoms with Crippen molar-refractivity contribution >= 4 is 35.6 Å². The van der Waals surface area contributed by atoms with Crippen LogP contribution in [0.1, 0.15) is 39.0 Å². The summed E-state index contributed by atoms with van der Waals surface area (Å²) in [6, 6.07) is 6.05. The number of rotatable bonds is 8. The van der Waals surface area contributed by atoms with Crippen molar-refractivity contribution in [2.24, 2.45) is 10.7 Å². The Bertz CT molecular complexity index is 568. The lowest BCUT2D eigenvalue weighted by Crippen LogP contribution is -2.42. The van der Waals surface area contributed by atoms with E-state index in [0.717, 1.165) is 24.5 Å². The van der Waals surface area contributed by atoms with Crippen LogP contribution in [0.15, 0.2) is 23.2 Å². The molecule has 1 atom stereocenters. The van der Waals surface area contributed by atoms with Crippen LogP contribution in [0.25, 0.3) is 0 Å². The molecule has 0 bridgehead atoms. The average Bonchev–Trinajstić information content (AvgIpc) is 2.65. The smallest absolute Gasteiger partial charge is 0.193 e. The highest BCUT2D eigenvalue weighted by Crippen LogP contribution is 2.28. The fraction of sp³-hybridized carbons (Fsp3) is 0.632. The molecule has 1 aromatic carbocycles. The van der Waals surface area contributed by atoms with E-state index in [1.54, 1.807) is 14.2 Å². The summed E-state index contributed by atoms with van der Waals surface area (Å²) < 4.78 is 10.6. The third kappa shape index (κ3) is 6.83. The summed E-state index contributed by atoms with van der Waals surface area (Å²) >= 11 is 0. The van der Waals surface area contributed by atoms with Crippen molar-refractivity contribution in [3.8, 4) is 11.5 Å². The van der Waals surface area contributed by atoms with Gasteiger partial charge in [-0.15, -0.1) is 24.0 Å². The Labute approximate surface area is 174 Å². The van der Waals surface area contributed by atoms with Crippen molar-refractivity contribution in [2.75, 3.05) is 39.2 Å². The minimum Gasteiger partial charge on any atom is -0.497 e. The monoisotopic (exact) mass is 476 g/mol. The molecule has 3 N–H and O–H groups in total. The van der Waals surface area contributed by atoms with E-state index in [1.165, 1.54) is 38.6 Å². The van der Waals surface area contributed by atoms with E-state index in [-0.39, 0.29) is 24.0 Å². The summed E-state index contributed by atoms with van der Waals surface area (Å²) in [6.45, 7) is 5.31. The van der Waals surface area contributed by atoms with Gasteiger partial charge in [0, 0.05) is 12.1 Å². The maximum atomic E-state index is 6.11. The largest absolute Gasteiger partial charge is 0.497 e. The molecule has 26 heavy (non-hydrogen) atoms. The molecule has 1 aliphatic heterocycles. The van der Waals surface area contributed by atoms with Crippen LogP contribution in [0.4, 0.5) is 5.69 Å². The summed E-state index contributed by atoms with van der Waals surface area (Å²) in [6.07, 6.45) is 6.24. The number of piperidine rings is 1. The van der Waals surface area contributed by atoms with Gasteiger partial charge in [0.1, 0.15) is 11.5 Å². The Morgan fingerprint density at radius 1 is 1.31 bits per heavy atom. The fourth-order valence-electron chi connectivity index (χ4n) is 3.22. The molecule has 148 valence electrons. The lowest BCUT2D eigenvalue weighted by Gasteiger charge is -2.34. The van der Waals surface area contributed by atoms with Crippen LogP contribution in [0.2, 0.25) is 0 Å². The highest BCUT2D eigenvalue weighted by atomic mass is 127. The normalized spacial score (nSPS) is 18.1. The van der Waals surface area contributed by atoms with Crippen molar-refractivity contribution < 1.29 is 9.47 Å². The quantitative estimate of drug-likeness (QED) is 0.340. The summed E-state index contributed by atoms with van der Waals surface area (Å²) in [5.74, 6) is 1.86. The van der Waals surface area contributed by atoms with Crippen LogP contribution >= 0.6 is 24.0 Å². The zero-order valence-electron chi connectivity index (χ0n) is 16.2. The first-order chi connectivity index (χ1) is 12.2. The average molecular weight is 476 g/mol. The number of nitrogens with one attached hydrogen (secondary N) is 1.